The highest BCUT2D eigenvalue weighted by Gasteiger charge is 2.12. The van der Waals surface area contributed by atoms with Crippen molar-refractivity contribution >= 4 is 17.3 Å². The molecule has 1 heterocycles. The number of aliphatic hydroxyl groups excluding tert-OH is 2. The zero-order chi connectivity index (χ0) is 11.3. The van der Waals surface area contributed by atoms with Crippen LogP contribution < -0.4 is 5.32 Å². The molecule has 0 atom stereocenters. The van der Waals surface area contributed by atoms with Crippen LogP contribution in [0.15, 0.2) is 11.4 Å². The summed E-state index contributed by atoms with van der Waals surface area (Å²) in [6.45, 7) is -0.0248. The lowest BCUT2D eigenvalue weighted by Crippen LogP contribution is -2.35. The molecule has 1 aromatic rings. The molecule has 6 heteroatoms. The molecular weight excluding hydrogens is 218 g/mol. The summed E-state index contributed by atoms with van der Waals surface area (Å²) in [6.07, 6.45) is 0. The van der Waals surface area contributed by atoms with Crippen molar-refractivity contribution in [1.29, 1.82) is 0 Å². The zero-order valence-electron chi connectivity index (χ0n) is 8.01. The highest BCUT2D eigenvalue weighted by molar-refractivity contribution is 7.12. The topological polar surface area (TPSA) is 89.8 Å². The van der Waals surface area contributed by atoms with E-state index in [0.717, 1.165) is 11.3 Å². The standard InChI is InChI=1S/C9H13NO4S/c11-4-7(5-12)10-3-6-1-2-15-8(6)9(13)14/h1-2,7,10-12H,3-5H2,(H,13,14). The average Bonchev–Trinajstić information content (AvgIpc) is 2.67. The minimum Gasteiger partial charge on any atom is -0.477 e. The molecule has 0 aliphatic carbocycles. The van der Waals surface area contributed by atoms with Gasteiger partial charge in [0.05, 0.1) is 19.3 Å². The third-order valence-electron chi connectivity index (χ3n) is 1.96. The van der Waals surface area contributed by atoms with Crippen molar-refractivity contribution in [3.8, 4) is 0 Å². The van der Waals surface area contributed by atoms with Gasteiger partial charge in [-0.1, -0.05) is 0 Å². The molecule has 1 aromatic heterocycles. The minimum atomic E-state index is -0.952. The Kier molecular flexibility index (Phi) is 4.70. The second-order valence-corrected chi connectivity index (χ2v) is 3.94. The van der Waals surface area contributed by atoms with Crippen LogP contribution in [0, 0.1) is 0 Å². The molecule has 0 saturated carbocycles. The summed E-state index contributed by atoms with van der Waals surface area (Å²) < 4.78 is 0. The molecule has 5 nitrogen and oxygen atoms in total. The smallest absolute Gasteiger partial charge is 0.346 e. The SMILES string of the molecule is O=C(O)c1sccc1CNC(CO)CO. The van der Waals surface area contributed by atoms with Gasteiger partial charge in [-0.2, -0.15) is 0 Å². The first-order valence-corrected chi connectivity index (χ1v) is 5.31. The van der Waals surface area contributed by atoms with Crippen molar-refractivity contribution in [3.05, 3.63) is 21.9 Å². The van der Waals surface area contributed by atoms with E-state index in [0.29, 0.717) is 12.1 Å². The van der Waals surface area contributed by atoms with Gasteiger partial charge in [0.15, 0.2) is 0 Å². The largest absolute Gasteiger partial charge is 0.477 e. The number of carboxylic acid groups (broad SMARTS) is 1. The first kappa shape index (κ1) is 12.1. The lowest BCUT2D eigenvalue weighted by molar-refractivity contribution is 0.0701. The Morgan fingerprint density at radius 1 is 1.47 bits per heavy atom. The number of aliphatic hydroxyl groups is 2. The van der Waals surface area contributed by atoms with Crippen molar-refractivity contribution in [3.63, 3.8) is 0 Å². The van der Waals surface area contributed by atoms with E-state index in [4.69, 9.17) is 15.3 Å². The fourth-order valence-electron chi connectivity index (χ4n) is 1.10. The number of hydrogen-bond acceptors (Lipinski definition) is 5. The predicted molar refractivity (Wildman–Crippen MR) is 56.1 cm³/mol. The van der Waals surface area contributed by atoms with Crippen LogP contribution in [0.1, 0.15) is 15.2 Å². The summed E-state index contributed by atoms with van der Waals surface area (Å²) in [5.41, 5.74) is 0.666. The summed E-state index contributed by atoms with van der Waals surface area (Å²) in [4.78, 5) is 11.0. The maximum absolute atomic E-state index is 10.8. The van der Waals surface area contributed by atoms with Crippen LogP contribution in [0.25, 0.3) is 0 Å². The molecule has 0 bridgehead atoms. The van der Waals surface area contributed by atoms with Gasteiger partial charge in [0.1, 0.15) is 4.88 Å². The fraction of sp³-hybridized carbons (Fsp3) is 0.444. The number of rotatable bonds is 6. The molecule has 0 aromatic carbocycles. The van der Waals surface area contributed by atoms with Crippen LogP contribution in [0.3, 0.4) is 0 Å². The van der Waals surface area contributed by atoms with Crippen molar-refractivity contribution in [1.82, 2.24) is 5.32 Å². The summed E-state index contributed by atoms with van der Waals surface area (Å²) >= 11 is 1.16. The van der Waals surface area contributed by atoms with Gasteiger partial charge in [0.2, 0.25) is 0 Å². The third kappa shape index (κ3) is 3.28. The van der Waals surface area contributed by atoms with E-state index in [-0.39, 0.29) is 18.1 Å². The van der Waals surface area contributed by atoms with Gasteiger partial charge in [-0.15, -0.1) is 11.3 Å². The van der Waals surface area contributed by atoms with Crippen molar-refractivity contribution < 1.29 is 20.1 Å². The molecular formula is C9H13NO4S. The van der Waals surface area contributed by atoms with Crippen LogP contribution in [-0.2, 0) is 6.54 Å². The van der Waals surface area contributed by atoms with Crippen LogP contribution >= 0.6 is 11.3 Å². The Morgan fingerprint density at radius 2 is 2.13 bits per heavy atom. The number of hydrogen-bond donors (Lipinski definition) is 4. The zero-order valence-corrected chi connectivity index (χ0v) is 8.83. The Labute approximate surface area is 91.0 Å². The van der Waals surface area contributed by atoms with Crippen LogP contribution in [-0.4, -0.2) is 40.5 Å². The Morgan fingerprint density at radius 3 is 2.67 bits per heavy atom. The Balaban J connectivity index is 2.57. The minimum absolute atomic E-state index is 0.178. The van der Waals surface area contributed by atoms with E-state index >= 15 is 0 Å². The molecule has 15 heavy (non-hydrogen) atoms. The number of aromatic carboxylic acids is 1. The van der Waals surface area contributed by atoms with Gasteiger partial charge in [-0.25, -0.2) is 4.79 Å². The first-order chi connectivity index (χ1) is 7.19. The lowest BCUT2D eigenvalue weighted by atomic mass is 10.2. The monoisotopic (exact) mass is 231 g/mol. The van der Waals surface area contributed by atoms with Crippen LogP contribution in [0.2, 0.25) is 0 Å². The molecule has 0 aliphatic rings. The molecule has 1 rings (SSSR count). The van der Waals surface area contributed by atoms with Gasteiger partial charge >= 0.3 is 5.97 Å². The van der Waals surface area contributed by atoms with Gasteiger partial charge in [-0.05, 0) is 17.0 Å². The second kappa shape index (κ2) is 5.82. The molecule has 0 saturated heterocycles. The van der Waals surface area contributed by atoms with E-state index in [2.05, 4.69) is 5.32 Å². The maximum Gasteiger partial charge on any atom is 0.346 e. The van der Waals surface area contributed by atoms with Gasteiger partial charge in [0, 0.05) is 6.54 Å². The predicted octanol–water partition coefficient (Wildman–Crippen LogP) is -0.111. The highest BCUT2D eigenvalue weighted by atomic mass is 32.1. The van der Waals surface area contributed by atoms with Crippen LogP contribution in [0.5, 0.6) is 0 Å². The van der Waals surface area contributed by atoms with E-state index in [9.17, 15) is 4.79 Å². The quantitative estimate of drug-likeness (QED) is 0.548. The van der Waals surface area contributed by atoms with Crippen molar-refractivity contribution in [2.45, 2.75) is 12.6 Å². The molecule has 0 aliphatic heterocycles. The number of thiophene rings is 1. The fourth-order valence-corrected chi connectivity index (χ4v) is 1.86. The molecule has 0 spiro atoms. The lowest BCUT2D eigenvalue weighted by Gasteiger charge is -2.12. The third-order valence-corrected chi connectivity index (χ3v) is 2.91. The molecule has 84 valence electrons. The summed E-state index contributed by atoms with van der Waals surface area (Å²) in [5.74, 6) is -0.952. The molecule has 0 radical (unpaired) electrons. The van der Waals surface area contributed by atoms with Gasteiger partial charge in [-0.3, -0.25) is 0 Å². The average molecular weight is 231 g/mol. The Hall–Kier alpha value is -0.950. The summed E-state index contributed by atoms with van der Waals surface area (Å²) in [5, 5.41) is 31.0. The van der Waals surface area contributed by atoms with Crippen molar-refractivity contribution in [2.24, 2.45) is 0 Å². The molecule has 0 amide bonds. The number of carbonyl (C=O) groups is 1. The van der Waals surface area contributed by atoms with E-state index in [1.807, 2.05) is 0 Å². The van der Waals surface area contributed by atoms with Gasteiger partial charge in [0.25, 0.3) is 0 Å². The summed E-state index contributed by atoms with van der Waals surface area (Å²) in [6, 6.07) is 1.30. The molecule has 0 fully saturated rings. The molecule has 0 unspecified atom stereocenters. The normalized spacial score (nSPS) is 10.9. The van der Waals surface area contributed by atoms with E-state index < -0.39 is 12.0 Å². The highest BCUT2D eigenvalue weighted by Crippen LogP contribution is 2.16. The maximum atomic E-state index is 10.8. The number of carboxylic acids is 1. The molecule has 4 N–H and O–H groups in total. The number of nitrogens with one attached hydrogen (secondary N) is 1. The van der Waals surface area contributed by atoms with E-state index in [1.165, 1.54) is 0 Å². The van der Waals surface area contributed by atoms with E-state index in [1.54, 1.807) is 11.4 Å². The second-order valence-electron chi connectivity index (χ2n) is 3.02. The summed E-state index contributed by atoms with van der Waals surface area (Å²) in [7, 11) is 0. The van der Waals surface area contributed by atoms with Crippen LogP contribution in [0.4, 0.5) is 0 Å². The van der Waals surface area contributed by atoms with Crippen molar-refractivity contribution in [2.75, 3.05) is 13.2 Å². The van der Waals surface area contributed by atoms with Gasteiger partial charge < -0.3 is 20.6 Å². The first-order valence-electron chi connectivity index (χ1n) is 4.43. The Bertz CT molecular complexity index is 322.